The minimum Gasteiger partial charge on any atom is -0.507 e. The number of carbonyl (C=O) groups is 2. The maximum Gasteiger partial charge on any atom is 0.170 e. The smallest absolute Gasteiger partial charge is 0.170 e. The van der Waals surface area contributed by atoms with Crippen LogP contribution in [0.1, 0.15) is 73.2 Å². The molecule has 0 fully saturated rings. The fourth-order valence-electron chi connectivity index (χ4n) is 4.26. The van der Waals surface area contributed by atoms with Gasteiger partial charge in [0.1, 0.15) is 28.4 Å². The zero-order valence-electron chi connectivity index (χ0n) is 16.4. The van der Waals surface area contributed by atoms with E-state index in [1.54, 1.807) is 0 Å². The molecule has 0 amide bonds. The van der Waals surface area contributed by atoms with E-state index in [2.05, 4.69) is 19.9 Å². The van der Waals surface area contributed by atoms with Crippen LogP contribution < -0.4 is 4.74 Å². The largest absolute Gasteiger partial charge is 0.507 e. The monoisotopic (exact) mass is 372 g/mol. The summed E-state index contributed by atoms with van der Waals surface area (Å²) >= 11 is 0. The second-order valence-corrected chi connectivity index (χ2v) is 8.27. The van der Waals surface area contributed by atoms with Gasteiger partial charge in [0.2, 0.25) is 0 Å². The average Bonchev–Trinajstić information content (AvgIpc) is 2.60. The summed E-state index contributed by atoms with van der Waals surface area (Å²) < 4.78 is 6.27. The number of ether oxygens (including phenoxy) is 1. The SMILES string of the molecule is CCCC(=O)c1c(O)c(C=O)c(O)c2c1OC1(C)C=CC(C(C)C)CC1C2. The first kappa shape index (κ1) is 19.5. The van der Waals surface area contributed by atoms with Crippen LogP contribution in [0, 0.1) is 17.8 Å². The first-order valence-electron chi connectivity index (χ1n) is 9.70. The van der Waals surface area contributed by atoms with Crippen LogP contribution in [0.4, 0.5) is 0 Å². The average molecular weight is 372 g/mol. The molecule has 1 heterocycles. The first-order valence-corrected chi connectivity index (χ1v) is 9.70. The van der Waals surface area contributed by atoms with E-state index in [4.69, 9.17) is 4.74 Å². The highest BCUT2D eigenvalue weighted by Crippen LogP contribution is 2.52. The lowest BCUT2D eigenvalue weighted by molar-refractivity contribution is 0.0299. The van der Waals surface area contributed by atoms with Gasteiger partial charge in [-0.2, -0.15) is 0 Å². The summed E-state index contributed by atoms with van der Waals surface area (Å²) in [6, 6.07) is 0. The Morgan fingerprint density at radius 1 is 1.37 bits per heavy atom. The third-order valence-corrected chi connectivity index (χ3v) is 6.08. The Bertz CT molecular complexity index is 808. The van der Waals surface area contributed by atoms with E-state index in [0.717, 1.165) is 6.42 Å². The van der Waals surface area contributed by atoms with E-state index in [0.29, 0.717) is 36.5 Å². The van der Waals surface area contributed by atoms with Crippen molar-refractivity contribution in [3.63, 3.8) is 0 Å². The van der Waals surface area contributed by atoms with Crippen LogP contribution in [0.2, 0.25) is 0 Å². The van der Waals surface area contributed by atoms with Crippen molar-refractivity contribution in [2.75, 3.05) is 0 Å². The molecule has 5 nitrogen and oxygen atoms in total. The van der Waals surface area contributed by atoms with Crippen LogP contribution in [-0.4, -0.2) is 27.9 Å². The molecule has 3 unspecified atom stereocenters. The van der Waals surface area contributed by atoms with Crippen LogP contribution in [0.15, 0.2) is 12.2 Å². The molecule has 1 aromatic rings. The minimum absolute atomic E-state index is 0.0193. The molecule has 1 aliphatic carbocycles. The van der Waals surface area contributed by atoms with Gasteiger partial charge in [0, 0.05) is 17.9 Å². The minimum atomic E-state index is -0.610. The van der Waals surface area contributed by atoms with Crippen molar-refractivity contribution in [1.29, 1.82) is 0 Å². The number of benzene rings is 1. The number of Topliss-reactive ketones (excluding diaryl/α,β-unsaturated/α-hetero) is 1. The normalized spacial score (nSPS) is 26.3. The lowest BCUT2D eigenvalue weighted by atomic mass is 9.69. The highest BCUT2D eigenvalue weighted by molar-refractivity contribution is 6.05. The second kappa shape index (κ2) is 7.02. The second-order valence-electron chi connectivity index (χ2n) is 8.27. The molecule has 0 spiro atoms. The number of aldehydes is 1. The van der Waals surface area contributed by atoms with Gasteiger partial charge < -0.3 is 14.9 Å². The zero-order chi connectivity index (χ0) is 19.9. The third-order valence-electron chi connectivity index (χ3n) is 6.08. The van der Waals surface area contributed by atoms with Crippen molar-refractivity contribution in [2.45, 2.75) is 59.0 Å². The summed E-state index contributed by atoms with van der Waals surface area (Å²) in [5, 5.41) is 21.1. The van der Waals surface area contributed by atoms with Gasteiger partial charge in [-0.15, -0.1) is 0 Å². The summed E-state index contributed by atoms with van der Waals surface area (Å²) in [6.45, 7) is 8.20. The molecule has 1 aliphatic heterocycles. The van der Waals surface area contributed by atoms with E-state index < -0.39 is 11.4 Å². The third kappa shape index (κ3) is 3.13. The van der Waals surface area contributed by atoms with Crippen molar-refractivity contribution in [2.24, 2.45) is 17.8 Å². The van der Waals surface area contributed by atoms with Crippen LogP contribution >= 0.6 is 0 Å². The summed E-state index contributed by atoms with van der Waals surface area (Å²) in [4.78, 5) is 24.1. The van der Waals surface area contributed by atoms with Crippen LogP contribution in [-0.2, 0) is 6.42 Å². The molecule has 27 heavy (non-hydrogen) atoms. The molecule has 3 atom stereocenters. The van der Waals surface area contributed by atoms with Gasteiger partial charge in [0.05, 0.1) is 5.56 Å². The highest BCUT2D eigenvalue weighted by Gasteiger charge is 2.45. The number of rotatable bonds is 5. The van der Waals surface area contributed by atoms with Gasteiger partial charge in [-0.25, -0.2) is 0 Å². The van der Waals surface area contributed by atoms with E-state index in [9.17, 15) is 19.8 Å². The molecule has 2 N–H and O–H groups in total. The molecule has 0 aromatic heterocycles. The van der Waals surface area contributed by atoms with Crippen LogP contribution in [0.5, 0.6) is 17.2 Å². The topological polar surface area (TPSA) is 83.8 Å². The maximum absolute atomic E-state index is 12.7. The Kier molecular flexibility index (Phi) is 5.06. The number of fused-ring (bicyclic) bond motifs is 2. The fraction of sp³-hybridized carbons (Fsp3) is 0.545. The molecule has 3 rings (SSSR count). The molecule has 0 saturated carbocycles. The Labute approximate surface area is 160 Å². The van der Waals surface area contributed by atoms with Crippen molar-refractivity contribution in [3.8, 4) is 17.2 Å². The number of allylic oxidation sites excluding steroid dienone is 1. The van der Waals surface area contributed by atoms with Gasteiger partial charge in [-0.05, 0) is 44.1 Å². The Morgan fingerprint density at radius 3 is 2.67 bits per heavy atom. The van der Waals surface area contributed by atoms with E-state index in [1.807, 2.05) is 19.9 Å². The van der Waals surface area contributed by atoms with Crippen molar-refractivity contribution in [1.82, 2.24) is 0 Å². The molecule has 2 aliphatic rings. The maximum atomic E-state index is 12.7. The van der Waals surface area contributed by atoms with E-state index >= 15 is 0 Å². The molecular formula is C22H28O5. The number of hydrogen-bond acceptors (Lipinski definition) is 5. The standard InChI is InChI=1S/C22H28O5/c1-5-6-17(24)18-20(26)16(11-23)19(25)15-10-14-9-13(12(2)3)7-8-22(14,4)27-21(15)18/h7-8,11-14,25-26H,5-6,9-10H2,1-4H3. The number of ketones is 1. The van der Waals surface area contributed by atoms with Gasteiger partial charge in [0.15, 0.2) is 12.1 Å². The zero-order valence-corrected chi connectivity index (χ0v) is 16.4. The number of phenols is 2. The predicted octanol–water partition coefficient (Wildman–Crippen LogP) is 4.44. The van der Waals surface area contributed by atoms with Gasteiger partial charge >= 0.3 is 0 Å². The summed E-state index contributed by atoms with van der Waals surface area (Å²) in [5.74, 6) is 0.208. The number of carbonyl (C=O) groups excluding carboxylic acids is 2. The Balaban J connectivity index is 2.16. The fourth-order valence-corrected chi connectivity index (χ4v) is 4.26. The van der Waals surface area contributed by atoms with Crippen LogP contribution in [0.25, 0.3) is 0 Å². The molecule has 5 heteroatoms. The van der Waals surface area contributed by atoms with Crippen molar-refractivity contribution < 1.29 is 24.5 Å². The number of aromatic hydroxyl groups is 2. The molecule has 0 saturated heterocycles. The summed E-state index contributed by atoms with van der Waals surface area (Å²) in [7, 11) is 0. The van der Waals surface area contributed by atoms with Gasteiger partial charge in [-0.3, -0.25) is 9.59 Å². The van der Waals surface area contributed by atoms with E-state index in [-0.39, 0.29) is 40.7 Å². The molecular weight excluding hydrogens is 344 g/mol. The highest BCUT2D eigenvalue weighted by atomic mass is 16.5. The quantitative estimate of drug-likeness (QED) is 0.454. The molecule has 146 valence electrons. The molecule has 0 bridgehead atoms. The Morgan fingerprint density at radius 2 is 2.07 bits per heavy atom. The number of phenolic OH excluding ortho intramolecular Hbond substituents is 2. The van der Waals surface area contributed by atoms with Crippen molar-refractivity contribution >= 4 is 12.1 Å². The molecule has 1 aromatic carbocycles. The van der Waals surface area contributed by atoms with Crippen LogP contribution in [0.3, 0.4) is 0 Å². The summed E-state index contributed by atoms with van der Waals surface area (Å²) in [5.41, 5.74) is -0.367. The van der Waals surface area contributed by atoms with E-state index in [1.165, 1.54) is 0 Å². The van der Waals surface area contributed by atoms with Gasteiger partial charge in [-0.1, -0.05) is 26.8 Å². The summed E-state index contributed by atoms with van der Waals surface area (Å²) in [6.07, 6.45) is 6.86. The molecule has 0 radical (unpaired) electrons. The predicted molar refractivity (Wildman–Crippen MR) is 103 cm³/mol. The number of hydrogen-bond donors (Lipinski definition) is 2. The lowest BCUT2D eigenvalue weighted by Gasteiger charge is -2.45. The van der Waals surface area contributed by atoms with Gasteiger partial charge in [0.25, 0.3) is 0 Å². The first-order chi connectivity index (χ1) is 12.7. The lowest BCUT2D eigenvalue weighted by Crippen LogP contribution is -2.47. The Hall–Kier alpha value is -2.30. The van der Waals surface area contributed by atoms with Crippen molar-refractivity contribution in [3.05, 3.63) is 28.8 Å².